The Morgan fingerprint density at radius 1 is 1.17 bits per heavy atom. The molecule has 0 aliphatic heterocycles. The van der Waals surface area contributed by atoms with Gasteiger partial charge in [-0.15, -0.1) is 10.2 Å². The highest BCUT2D eigenvalue weighted by Gasteiger charge is 2.08. The van der Waals surface area contributed by atoms with Gasteiger partial charge < -0.3 is 10.1 Å². The van der Waals surface area contributed by atoms with Crippen LogP contribution in [0.25, 0.3) is 0 Å². The van der Waals surface area contributed by atoms with Gasteiger partial charge in [-0.3, -0.25) is 4.79 Å². The van der Waals surface area contributed by atoms with Gasteiger partial charge in [0.15, 0.2) is 5.69 Å². The van der Waals surface area contributed by atoms with E-state index in [-0.39, 0.29) is 11.5 Å². The number of methoxy groups -OCH3 is 1. The van der Waals surface area contributed by atoms with Crippen molar-refractivity contribution in [3.05, 3.63) is 47.9 Å². The van der Waals surface area contributed by atoms with E-state index in [4.69, 9.17) is 4.74 Å². The lowest BCUT2D eigenvalue weighted by Gasteiger charge is -2.04. The molecule has 0 aliphatic rings. The number of carbonyl (C=O) groups excluding carboxylic acids is 1. The van der Waals surface area contributed by atoms with Gasteiger partial charge >= 0.3 is 0 Å². The van der Waals surface area contributed by atoms with Gasteiger partial charge in [0.25, 0.3) is 5.91 Å². The molecule has 2 aromatic rings. The number of rotatable bonds is 3. The minimum Gasteiger partial charge on any atom is -0.480 e. The molecule has 5 nitrogen and oxygen atoms in total. The fourth-order valence-electron chi connectivity index (χ4n) is 1.28. The lowest BCUT2D eigenvalue weighted by molar-refractivity contribution is 0.102. The highest BCUT2D eigenvalue weighted by atomic mass is 19.1. The van der Waals surface area contributed by atoms with Crippen LogP contribution in [0.15, 0.2) is 36.4 Å². The molecule has 0 fully saturated rings. The molecular weight excluding hydrogens is 237 g/mol. The van der Waals surface area contributed by atoms with Crippen molar-refractivity contribution in [1.29, 1.82) is 0 Å². The number of anilines is 1. The Morgan fingerprint density at radius 3 is 2.44 bits per heavy atom. The lowest BCUT2D eigenvalue weighted by atomic mass is 10.3. The zero-order valence-electron chi connectivity index (χ0n) is 9.55. The van der Waals surface area contributed by atoms with E-state index in [9.17, 15) is 9.18 Å². The summed E-state index contributed by atoms with van der Waals surface area (Å²) in [4.78, 5) is 11.8. The first-order valence-corrected chi connectivity index (χ1v) is 5.13. The van der Waals surface area contributed by atoms with Crippen molar-refractivity contribution in [2.24, 2.45) is 0 Å². The van der Waals surface area contributed by atoms with E-state index in [1.54, 1.807) is 0 Å². The zero-order valence-corrected chi connectivity index (χ0v) is 9.55. The molecule has 0 spiro atoms. The average Bonchev–Trinajstić information content (AvgIpc) is 2.41. The van der Waals surface area contributed by atoms with E-state index in [0.29, 0.717) is 11.6 Å². The second-order valence-corrected chi connectivity index (χ2v) is 3.42. The van der Waals surface area contributed by atoms with Gasteiger partial charge in [0, 0.05) is 11.8 Å². The van der Waals surface area contributed by atoms with Crippen molar-refractivity contribution in [2.75, 3.05) is 12.4 Å². The summed E-state index contributed by atoms with van der Waals surface area (Å²) in [5.74, 6) is -0.456. The van der Waals surface area contributed by atoms with Crippen LogP contribution >= 0.6 is 0 Å². The largest absolute Gasteiger partial charge is 0.480 e. The molecule has 0 radical (unpaired) electrons. The van der Waals surface area contributed by atoms with E-state index in [1.807, 2.05) is 0 Å². The number of nitrogens with one attached hydrogen (secondary N) is 1. The number of carbonyl (C=O) groups is 1. The third kappa shape index (κ3) is 2.79. The molecule has 1 aromatic heterocycles. The summed E-state index contributed by atoms with van der Waals surface area (Å²) in [7, 11) is 1.46. The van der Waals surface area contributed by atoms with Gasteiger partial charge in [-0.25, -0.2) is 4.39 Å². The molecule has 1 N–H and O–H groups in total. The van der Waals surface area contributed by atoms with Crippen LogP contribution in [0.5, 0.6) is 5.88 Å². The quantitative estimate of drug-likeness (QED) is 0.899. The molecule has 18 heavy (non-hydrogen) atoms. The van der Waals surface area contributed by atoms with E-state index in [1.165, 1.54) is 43.5 Å². The smallest absolute Gasteiger partial charge is 0.276 e. The third-order valence-electron chi connectivity index (χ3n) is 2.18. The molecule has 1 aromatic carbocycles. The molecule has 1 heterocycles. The van der Waals surface area contributed by atoms with Crippen molar-refractivity contribution in [3.8, 4) is 5.88 Å². The first-order chi connectivity index (χ1) is 8.69. The molecule has 6 heteroatoms. The van der Waals surface area contributed by atoms with Crippen molar-refractivity contribution in [3.63, 3.8) is 0 Å². The fourth-order valence-corrected chi connectivity index (χ4v) is 1.28. The number of amides is 1. The predicted octanol–water partition coefficient (Wildman–Crippen LogP) is 1.88. The number of hydrogen-bond acceptors (Lipinski definition) is 4. The van der Waals surface area contributed by atoms with Crippen molar-refractivity contribution >= 4 is 11.6 Å². The van der Waals surface area contributed by atoms with Crippen LogP contribution in [0.4, 0.5) is 10.1 Å². The van der Waals surface area contributed by atoms with Gasteiger partial charge in [0.2, 0.25) is 5.88 Å². The molecule has 1 amide bonds. The molecule has 0 saturated carbocycles. The van der Waals surface area contributed by atoms with Crippen LogP contribution in [0.1, 0.15) is 10.5 Å². The van der Waals surface area contributed by atoms with Gasteiger partial charge in [0.05, 0.1) is 7.11 Å². The molecule has 0 atom stereocenters. The summed E-state index contributed by atoms with van der Waals surface area (Å²) < 4.78 is 17.5. The molecular formula is C12H10FN3O2. The monoisotopic (exact) mass is 247 g/mol. The Bertz CT molecular complexity index is 540. The number of hydrogen-bond donors (Lipinski definition) is 1. The SMILES string of the molecule is COc1ccc(C(=O)Nc2ccc(F)cc2)nn1. The van der Waals surface area contributed by atoms with Crippen molar-refractivity contribution in [2.45, 2.75) is 0 Å². The van der Waals surface area contributed by atoms with E-state index in [2.05, 4.69) is 15.5 Å². The molecule has 0 unspecified atom stereocenters. The maximum absolute atomic E-state index is 12.7. The molecule has 2 rings (SSSR count). The molecule has 92 valence electrons. The van der Waals surface area contributed by atoms with Crippen LogP contribution in [0.2, 0.25) is 0 Å². The van der Waals surface area contributed by atoms with E-state index in [0.717, 1.165) is 0 Å². The lowest BCUT2D eigenvalue weighted by Crippen LogP contribution is -2.14. The highest BCUT2D eigenvalue weighted by Crippen LogP contribution is 2.10. The first-order valence-electron chi connectivity index (χ1n) is 5.13. The standard InChI is InChI=1S/C12H10FN3O2/c1-18-11-7-6-10(15-16-11)12(17)14-9-4-2-8(13)3-5-9/h2-7H,1H3,(H,14,17). The summed E-state index contributed by atoms with van der Waals surface area (Å²) in [6, 6.07) is 8.47. The van der Waals surface area contributed by atoms with Crippen LogP contribution in [-0.4, -0.2) is 23.2 Å². The van der Waals surface area contributed by atoms with Crippen LogP contribution in [-0.2, 0) is 0 Å². The maximum atomic E-state index is 12.7. The van der Waals surface area contributed by atoms with Gasteiger partial charge in [-0.1, -0.05) is 0 Å². The van der Waals surface area contributed by atoms with Crippen molar-refractivity contribution in [1.82, 2.24) is 10.2 Å². The minimum absolute atomic E-state index is 0.153. The number of halogens is 1. The topological polar surface area (TPSA) is 64.1 Å². The second-order valence-electron chi connectivity index (χ2n) is 3.42. The zero-order chi connectivity index (χ0) is 13.0. The Labute approximate surface area is 103 Å². The van der Waals surface area contributed by atoms with Crippen LogP contribution in [0.3, 0.4) is 0 Å². The van der Waals surface area contributed by atoms with Gasteiger partial charge in [-0.05, 0) is 30.3 Å². The fraction of sp³-hybridized carbons (Fsp3) is 0.0833. The number of nitrogens with zero attached hydrogens (tertiary/aromatic N) is 2. The third-order valence-corrected chi connectivity index (χ3v) is 2.18. The Morgan fingerprint density at radius 2 is 1.89 bits per heavy atom. The Hall–Kier alpha value is -2.50. The average molecular weight is 247 g/mol. The maximum Gasteiger partial charge on any atom is 0.276 e. The first kappa shape index (κ1) is 12.0. The number of aromatic nitrogens is 2. The summed E-state index contributed by atoms with van der Waals surface area (Å²) in [6.45, 7) is 0. The van der Waals surface area contributed by atoms with Crippen LogP contribution in [0, 0.1) is 5.82 Å². The number of benzene rings is 1. The molecule has 0 saturated heterocycles. The minimum atomic E-state index is -0.420. The molecule has 0 aliphatic carbocycles. The van der Waals surface area contributed by atoms with Crippen molar-refractivity contribution < 1.29 is 13.9 Å². The predicted molar refractivity (Wildman–Crippen MR) is 62.9 cm³/mol. The van der Waals surface area contributed by atoms with Gasteiger partial charge in [-0.2, -0.15) is 0 Å². The number of ether oxygens (including phenoxy) is 1. The Kier molecular flexibility index (Phi) is 3.47. The van der Waals surface area contributed by atoms with E-state index >= 15 is 0 Å². The second kappa shape index (κ2) is 5.22. The van der Waals surface area contributed by atoms with Gasteiger partial charge in [0.1, 0.15) is 5.82 Å². The summed E-state index contributed by atoms with van der Waals surface area (Å²) in [5.41, 5.74) is 0.638. The highest BCUT2D eigenvalue weighted by molar-refractivity contribution is 6.02. The summed E-state index contributed by atoms with van der Waals surface area (Å²) >= 11 is 0. The summed E-state index contributed by atoms with van der Waals surface area (Å²) in [6.07, 6.45) is 0. The molecule has 0 bridgehead atoms. The van der Waals surface area contributed by atoms with E-state index < -0.39 is 5.91 Å². The summed E-state index contributed by atoms with van der Waals surface area (Å²) in [5, 5.41) is 9.96. The Balaban J connectivity index is 2.09. The van der Waals surface area contributed by atoms with Crippen LogP contribution < -0.4 is 10.1 Å². The normalized spacial score (nSPS) is 9.89.